The van der Waals surface area contributed by atoms with Gasteiger partial charge in [-0.25, -0.2) is 0 Å². The highest BCUT2D eigenvalue weighted by molar-refractivity contribution is 9.10. The van der Waals surface area contributed by atoms with Gasteiger partial charge in [-0.15, -0.1) is 0 Å². The minimum atomic E-state index is -4.05. The topological polar surface area (TPSA) is 141 Å². The van der Waals surface area contributed by atoms with Crippen LogP contribution in [0.2, 0.25) is 5.02 Å². The third kappa shape index (κ3) is 12.5. The van der Waals surface area contributed by atoms with Gasteiger partial charge in [0, 0.05) is 30.2 Å². The lowest BCUT2D eigenvalue weighted by Gasteiger charge is -2.31. The fourth-order valence-corrected chi connectivity index (χ4v) is 5.38. The lowest BCUT2D eigenvalue weighted by atomic mass is 9.78. The van der Waals surface area contributed by atoms with Crippen molar-refractivity contribution < 1.29 is 50.7 Å². The van der Waals surface area contributed by atoms with Crippen LogP contribution in [-0.2, 0) is 47.6 Å². The van der Waals surface area contributed by atoms with Crippen molar-refractivity contribution in [2.75, 3.05) is 39.8 Å². The van der Waals surface area contributed by atoms with Gasteiger partial charge >= 0.3 is 17.9 Å². The highest BCUT2D eigenvalue weighted by Gasteiger charge is 2.51. The van der Waals surface area contributed by atoms with Crippen LogP contribution in [-0.4, -0.2) is 71.7 Å². The van der Waals surface area contributed by atoms with Gasteiger partial charge < -0.3 is 23.7 Å². The molecule has 0 saturated carbocycles. The first kappa shape index (κ1) is 37.1. The lowest BCUT2D eigenvalue weighted by molar-refractivity contribution is -0.180. The molecule has 0 unspecified atom stereocenters. The third-order valence-corrected chi connectivity index (χ3v) is 7.04. The van der Waals surface area contributed by atoms with Gasteiger partial charge in [-0.3, -0.25) is 18.6 Å². The SMILES string of the molecule is CCOC(=O)C(CC[C@H](OS(C)(=O)=O)c1cc(OCCCOC)c(Cl)cc1Br)(CC(=O)OC(C)(C)C)C(=O)OCC. The Morgan fingerprint density at radius 1 is 1.02 bits per heavy atom. The third-order valence-electron chi connectivity index (χ3n) is 5.47. The largest absolute Gasteiger partial charge is 0.492 e. The van der Waals surface area contributed by atoms with E-state index in [1.54, 1.807) is 41.7 Å². The van der Waals surface area contributed by atoms with Crippen LogP contribution < -0.4 is 4.74 Å². The smallest absolute Gasteiger partial charge is 0.324 e. The Balaban J connectivity index is 3.59. The van der Waals surface area contributed by atoms with E-state index in [-0.39, 0.29) is 43.4 Å². The van der Waals surface area contributed by atoms with E-state index in [9.17, 15) is 22.8 Å². The fraction of sp³-hybridized carbons (Fsp3) is 0.667. The quantitative estimate of drug-likeness (QED) is 0.0705. The van der Waals surface area contributed by atoms with E-state index in [1.165, 1.54) is 12.1 Å². The number of rotatable bonds is 17. The van der Waals surface area contributed by atoms with Crippen molar-refractivity contribution in [2.24, 2.45) is 5.41 Å². The molecule has 0 spiro atoms. The van der Waals surface area contributed by atoms with Gasteiger partial charge in [0.15, 0.2) is 5.41 Å². The molecule has 1 aromatic carbocycles. The van der Waals surface area contributed by atoms with Gasteiger partial charge in [-0.05, 0) is 59.6 Å². The van der Waals surface area contributed by atoms with Gasteiger partial charge in [0.1, 0.15) is 17.5 Å². The second-order valence-electron chi connectivity index (χ2n) is 10.1. The van der Waals surface area contributed by atoms with Gasteiger partial charge in [0.2, 0.25) is 0 Å². The second-order valence-corrected chi connectivity index (χ2v) is 13.0. The number of carbonyl (C=O) groups excluding carboxylic acids is 3. The monoisotopic (exact) mass is 686 g/mol. The maximum Gasteiger partial charge on any atom is 0.324 e. The molecule has 0 aliphatic rings. The first-order valence-corrected chi connectivity index (χ1v) is 16.0. The molecule has 0 amide bonds. The molecule has 14 heteroatoms. The van der Waals surface area contributed by atoms with Crippen molar-refractivity contribution in [1.82, 2.24) is 0 Å². The van der Waals surface area contributed by atoms with Crippen LogP contribution in [0.15, 0.2) is 16.6 Å². The van der Waals surface area contributed by atoms with E-state index in [0.717, 1.165) is 6.26 Å². The highest BCUT2D eigenvalue weighted by Crippen LogP contribution is 2.42. The van der Waals surface area contributed by atoms with Gasteiger partial charge in [-0.2, -0.15) is 8.42 Å². The summed E-state index contributed by atoms with van der Waals surface area (Å²) in [7, 11) is -2.48. The molecular weight excluding hydrogens is 648 g/mol. The van der Waals surface area contributed by atoms with Crippen molar-refractivity contribution in [3.05, 3.63) is 27.2 Å². The van der Waals surface area contributed by atoms with Crippen LogP contribution in [0.1, 0.15) is 72.0 Å². The maximum atomic E-state index is 13.3. The molecular formula is C27H40BrClO11S. The summed E-state index contributed by atoms with van der Waals surface area (Å²) in [6.45, 7) is 8.61. The van der Waals surface area contributed by atoms with Crippen molar-refractivity contribution >= 4 is 55.6 Å². The summed E-state index contributed by atoms with van der Waals surface area (Å²) < 4.78 is 57.0. The number of hydrogen-bond donors (Lipinski definition) is 0. The zero-order valence-electron chi connectivity index (χ0n) is 24.5. The summed E-state index contributed by atoms with van der Waals surface area (Å²) in [4.78, 5) is 39.5. The molecule has 0 aromatic heterocycles. The number of esters is 3. The maximum absolute atomic E-state index is 13.3. The van der Waals surface area contributed by atoms with Crippen molar-refractivity contribution in [1.29, 1.82) is 0 Å². The molecule has 1 aromatic rings. The summed E-state index contributed by atoms with van der Waals surface area (Å²) in [5, 5.41) is 0.258. The number of hydrogen-bond acceptors (Lipinski definition) is 11. The van der Waals surface area contributed by atoms with Gasteiger partial charge in [-0.1, -0.05) is 27.5 Å². The molecule has 0 saturated heterocycles. The second kappa shape index (κ2) is 16.6. The molecule has 0 bridgehead atoms. The van der Waals surface area contributed by atoms with Crippen molar-refractivity contribution in [3.8, 4) is 5.75 Å². The molecule has 1 atom stereocenters. The minimum Gasteiger partial charge on any atom is -0.492 e. The highest BCUT2D eigenvalue weighted by atomic mass is 79.9. The Bertz CT molecular complexity index is 1130. The Morgan fingerprint density at radius 3 is 2.10 bits per heavy atom. The van der Waals surface area contributed by atoms with Gasteiger partial charge in [0.05, 0.1) is 37.5 Å². The average Bonchev–Trinajstić information content (AvgIpc) is 2.83. The van der Waals surface area contributed by atoms with Crippen LogP contribution in [0.3, 0.4) is 0 Å². The minimum absolute atomic E-state index is 0.0793. The zero-order chi connectivity index (χ0) is 31.4. The standard InChI is InChI=1S/C27H40BrClO11S/c1-8-36-24(31)27(25(32)37-9-2,17-23(30)39-26(3,4)5)12-11-21(40-41(7,33)34)18-15-22(20(29)16-19(18)28)38-14-10-13-35-6/h15-16,21H,8-14,17H2,1-7H3/t21-/m0/s1. The number of carbonyl (C=O) groups is 3. The number of ether oxygens (including phenoxy) is 5. The molecule has 0 radical (unpaired) electrons. The zero-order valence-corrected chi connectivity index (χ0v) is 27.7. The number of benzene rings is 1. The summed E-state index contributed by atoms with van der Waals surface area (Å²) in [6.07, 6.45) is -1.06. The Morgan fingerprint density at radius 2 is 1.61 bits per heavy atom. The first-order chi connectivity index (χ1) is 19.0. The predicted octanol–water partition coefficient (Wildman–Crippen LogP) is 5.16. The molecule has 0 fully saturated rings. The molecule has 11 nitrogen and oxygen atoms in total. The molecule has 0 aliphatic heterocycles. The van der Waals surface area contributed by atoms with E-state index in [1.807, 2.05) is 0 Å². The first-order valence-electron chi connectivity index (χ1n) is 13.0. The van der Waals surface area contributed by atoms with E-state index >= 15 is 0 Å². The summed E-state index contributed by atoms with van der Waals surface area (Å²) in [5.41, 5.74) is -2.71. The predicted molar refractivity (Wildman–Crippen MR) is 155 cm³/mol. The van der Waals surface area contributed by atoms with Crippen LogP contribution in [0, 0.1) is 5.41 Å². The normalized spacial score (nSPS) is 12.9. The van der Waals surface area contributed by atoms with E-state index in [4.69, 9.17) is 39.5 Å². The molecule has 41 heavy (non-hydrogen) atoms. The molecule has 1 rings (SSSR count). The van der Waals surface area contributed by atoms with E-state index < -0.39 is 51.6 Å². The van der Waals surface area contributed by atoms with E-state index in [0.29, 0.717) is 23.1 Å². The Kier molecular flexibility index (Phi) is 15.1. The fourth-order valence-electron chi connectivity index (χ4n) is 3.81. The van der Waals surface area contributed by atoms with E-state index in [2.05, 4.69) is 15.9 Å². The molecule has 0 aliphatic carbocycles. The van der Waals surface area contributed by atoms with Crippen molar-refractivity contribution in [2.45, 2.75) is 72.0 Å². The van der Waals surface area contributed by atoms with Crippen LogP contribution >= 0.6 is 27.5 Å². The van der Waals surface area contributed by atoms with Crippen molar-refractivity contribution in [3.63, 3.8) is 0 Å². The van der Waals surface area contributed by atoms with Gasteiger partial charge in [0.25, 0.3) is 10.1 Å². The molecule has 234 valence electrons. The molecule has 0 N–H and O–H groups in total. The molecule has 0 heterocycles. The summed E-state index contributed by atoms with van der Waals surface area (Å²) >= 11 is 9.74. The number of methoxy groups -OCH3 is 1. The number of halogens is 2. The lowest BCUT2D eigenvalue weighted by Crippen LogP contribution is -2.45. The van der Waals surface area contributed by atoms with Crippen LogP contribution in [0.25, 0.3) is 0 Å². The van der Waals surface area contributed by atoms with Crippen LogP contribution in [0.5, 0.6) is 5.75 Å². The Hall–Kier alpha value is -1.93. The average molecular weight is 688 g/mol. The summed E-state index contributed by atoms with van der Waals surface area (Å²) in [6, 6.07) is 3.03. The van der Waals surface area contributed by atoms with Crippen LogP contribution in [0.4, 0.5) is 0 Å². The summed E-state index contributed by atoms with van der Waals surface area (Å²) in [5.74, 6) is -2.57. The Labute approximate surface area is 255 Å².